The Labute approximate surface area is 98.8 Å². The molecule has 0 amide bonds. The first-order valence-corrected chi connectivity index (χ1v) is 6.14. The van der Waals surface area contributed by atoms with E-state index in [1.165, 1.54) is 0 Å². The van der Waals surface area contributed by atoms with Crippen LogP contribution in [-0.4, -0.2) is 15.3 Å². The predicted molar refractivity (Wildman–Crippen MR) is 64.6 cm³/mol. The van der Waals surface area contributed by atoms with E-state index >= 15 is 0 Å². The summed E-state index contributed by atoms with van der Waals surface area (Å²) in [5.41, 5.74) is 0. The van der Waals surface area contributed by atoms with Gasteiger partial charge in [0.05, 0.1) is 0 Å². The van der Waals surface area contributed by atoms with Crippen LogP contribution >= 0.6 is 11.3 Å². The second kappa shape index (κ2) is 5.07. The van der Waals surface area contributed by atoms with Crippen molar-refractivity contribution in [2.24, 2.45) is 7.05 Å². The fraction of sp³-hybridized carbons (Fsp3) is 0.333. The zero-order valence-electron chi connectivity index (χ0n) is 9.22. The minimum Gasteiger partial charge on any atom is -0.338 e. The first-order valence-electron chi connectivity index (χ1n) is 5.26. The minimum absolute atomic E-state index is 0.283. The molecule has 0 spiro atoms. The summed E-state index contributed by atoms with van der Waals surface area (Å²) in [6, 6.07) is 3.98. The van der Waals surface area contributed by atoms with Gasteiger partial charge in [-0.2, -0.15) is 0 Å². The van der Waals surface area contributed by atoms with Crippen molar-refractivity contribution in [2.45, 2.75) is 19.3 Å². The zero-order valence-corrected chi connectivity index (χ0v) is 10.0. The van der Waals surface area contributed by atoms with Gasteiger partial charge in [-0.1, -0.05) is 6.07 Å². The molecule has 0 fully saturated rings. The largest absolute Gasteiger partial charge is 0.338 e. The number of imidazole rings is 1. The highest BCUT2D eigenvalue weighted by Crippen LogP contribution is 2.11. The standard InChI is InChI=1S/C12H14N2OS/c1-14-7-6-13-12(14)5-4-10(15)9-11-3-2-8-16-11/h2-3,6-8H,4-5,9H2,1H3. The highest BCUT2D eigenvalue weighted by atomic mass is 32.1. The molecule has 2 heterocycles. The average Bonchev–Trinajstić information content (AvgIpc) is 2.87. The van der Waals surface area contributed by atoms with Crippen LogP contribution in [0.1, 0.15) is 17.1 Å². The SMILES string of the molecule is Cn1ccnc1CCC(=O)Cc1cccs1. The van der Waals surface area contributed by atoms with Crippen LogP contribution in [0.3, 0.4) is 0 Å². The van der Waals surface area contributed by atoms with Crippen LogP contribution in [-0.2, 0) is 24.7 Å². The van der Waals surface area contributed by atoms with E-state index in [-0.39, 0.29) is 5.78 Å². The lowest BCUT2D eigenvalue weighted by atomic mass is 10.1. The van der Waals surface area contributed by atoms with E-state index in [9.17, 15) is 4.79 Å². The number of thiophene rings is 1. The summed E-state index contributed by atoms with van der Waals surface area (Å²) in [4.78, 5) is 17.0. The molecule has 3 nitrogen and oxygen atoms in total. The molecule has 0 aliphatic carbocycles. The molecule has 2 aromatic rings. The third-order valence-electron chi connectivity index (χ3n) is 2.50. The Morgan fingerprint density at radius 3 is 3.06 bits per heavy atom. The van der Waals surface area contributed by atoms with Crippen molar-refractivity contribution >= 4 is 17.1 Å². The van der Waals surface area contributed by atoms with Crippen molar-refractivity contribution in [3.8, 4) is 0 Å². The molecule has 0 radical (unpaired) electrons. The van der Waals surface area contributed by atoms with Crippen LogP contribution in [0, 0.1) is 0 Å². The van der Waals surface area contributed by atoms with Gasteiger partial charge in [0.1, 0.15) is 11.6 Å². The Kier molecular flexibility index (Phi) is 3.51. The third-order valence-corrected chi connectivity index (χ3v) is 3.38. The van der Waals surface area contributed by atoms with Crippen LogP contribution < -0.4 is 0 Å². The molecule has 0 N–H and O–H groups in total. The van der Waals surface area contributed by atoms with Gasteiger partial charge in [0.2, 0.25) is 0 Å². The molecular formula is C12H14N2OS. The summed E-state index contributed by atoms with van der Waals surface area (Å²) >= 11 is 1.64. The second-order valence-electron chi connectivity index (χ2n) is 3.75. The molecule has 0 aromatic carbocycles. The number of hydrogen-bond acceptors (Lipinski definition) is 3. The molecular weight excluding hydrogens is 220 g/mol. The lowest BCUT2D eigenvalue weighted by molar-refractivity contribution is -0.118. The molecule has 2 rings (SSSR count). The molecule has 0 saturated heterocycles. The van der Waals surface area contributed by atoms with E-state index in [1.807, 2.05) is 35.3 Å². The topological polar surface area (TPSA) is 34.9 Å². The number of carbonyl (C=O) groups excluding carboxylic acids is 1. The van der Waals surface area contributed by atoms with Gasteiger partial charge in [-0.05, 0) is 11.4 Å². The van der Waals surface area contributed by atoms with Gasteiger partial charge in [0.15, 0.2) is 0 Å². The Bertz CT molecular complexity index is 459. The number of aryl methyl sites for hydroxylation is 2. The normalized spacial score (nSPS) is 10.6. The van der Waals surface area contributed by atoms with Crippen LogP contribution in [0.4, 0.5) is 0 Å². The fourth-order valence-electron chi connectivity index (χ4n) is 1.58. The van der Waals surface area contributed by atoms with Gasteiger partial charge < -0.3 is 4.57 Å². The summed E-state index contributed by atoms with van der Waals surface area (Å²) < 4.78 is 1.96. The first kappa shape index (κ1) is 11.1. The first-order chi connectivity index (χ1) is 7.75. The van der Waals surface area contributed by atoms with E-state index < -0.39 is 0 Å². The molecule has 0 unspecified atom stereocenters. The quantitative estimate of drug-likeness (QED) is 0.795. The lowest BCUT2D eigenvalue weighted by Gasteiger charge is -2.00. The van der Waals surface area contributed by atoms with Crippen molar-refractivity contribution < 1.29 is 4.79 Å². The number of aromatic nitrogens is 2. The van der Waals surface area contributed by atoms with Crippen LogP contribution in [0.25, 0.3) is 0 Å². The van der Waals surface area contributed by atoms with E-state index in [0.717, 1.165) is 17.1 Å². The lowest BCUT2D eigenvalue weighted by Crippen LogP contribution is -2.06. The maximum absolute atomic E-state index is 11.7. The molecule has 0 aliphatic heterocycles. The zero-order chi connectivity index (χ0) is 11.4. The molecule has 2 aromatic heterocycles. The Hall–Kier alpha value is -1.42. The Balaban J connectivity index is 1.82. The summed E-state index contributed by atoms with van der Waals surface area (Å²) in [5.74, 6) is 1.25. The molecule has 0 aliphatic rings. The monoisotopic (exact) mass is 234 g/mol. The van der Waals surface area contributed by atoms with E-state index in [2.05, 4.69) is 4.98 Å². The number of ketones is 1. The molecule has 0 bridgehead atoms. The smallest absolute Gasteiger partial charge is 0.138 e. The van der Waals surface area contributed by atoms with Crippen molar-refractivity contribution in [1.29, 1.82) is 0 Å². The van der Waals surface area contributed by atoms with Gasteiger partial charge in [0, 0.05) is 43.6 Å². The van der Waals surface area contributed by atoms with Gasteiger partial charge >= 0.3 is 0 Å². The van der Waals surface area contributed by atoms with Crippen molar-refractivity contribution in [3.05, 3.63) is 40.6 Å². The van der Waals surface area contributed by atoms with Crippen molar-refractivity contribution in [1.82, 2.24) is 9.55 Å². The van der Waals surface area contributed by atoms with Crippen LogP contribution in [0.2, 0.25) is 0 Å². The molecule has 4 heteroatoms. The molecule has 0 atom stereocenters. The third kappa shape index (κ3) is 2.79. The molecule has 84 valence electrons. The van der Waals surface area contributed by atoms with Gasteiger partial charge in [-0.25, -0.2) is 4.98 Å². The van der Waals surface area contributed by atoms with E-state index in [1.54, 1.807) is 17.5 Å². The molecule has 0 saturated carbocycles. The van der Waals surface area contributed by atoms with Crippen LogP contribution in [0.5, 0.6) is 0 Å². The molecule has 16 heavy (non-hydrogen) atoms. The Morgan fingerprint density at radius 1 is 1.56 bits per heavy atom. The van der Waals surface area contributed by atoms with Crippen LogP contribution in [0.15, 0.2) is 29.9 Å². The number of hydrogen-bond donors (Lipinski definition) is 0. The average molecular weight is 234 g/mol. The van der Waals surface area contributed by atoms with E-state index in [4.69, 9.17) is 0 Å². The van der Waals surface area contributed by atoms with Crippen molar-refractivity contribution in [3.63, 3.8) is 0 Å². The number of Topliss-reactive ketones (excluding diaryl/α,β-unsaturated/α-hetero) is 1. The van der Waals surface area contributed by atoms with Gasteiger partial charge in [-0.3, -0.25) is 4.79 Å². The number of rotatable bonds is 5. The van der Waals surface area contributed by atoms with Gasteiger partial charge in [0.25, 0.3) is 0 Å². The predicted octanol–water partition coefficient (Wildman–Crippen LogP) is 2.23. The number of carbonyl (C=O) groups is 1. The summed E-state index contributed by atoms with van der Waals surface area (Å²) in [5, 5.41) is 2.00. The maximum Gasteiger partial charge on any atom is 0.138 e. The second-order valence-corrected chi connectivity index (χ2v) is 4.78. The highest BCUT2D eigenvalue weighted by Gasteiger charge is 2.07. The van der Waals surface area contributed by atoms with Crippen molar-refractivity contribution in [2.75, 3.05) is 0 Å². The highest BCUT2D eigenvalue weighted by molar-refractivity contribution is 7.10. The number of nitrogens with zero attached hydrogens (tertiary/aromatic N) is 2. The minimum atomic E-state index is 0.283. The summed E-state index contributed by atoms with van der Waals surface area (Å²) in [6.45, 7) is 0. The van der Waals surface area contributed by atoms with E-state index in [0.29, 0.717) is 12.8 Å². The van der Waals surface area contributed by atoms with Gasteiger partial charge in [-0.15, -0.1) is 11.3 Å². The summed E-state index contributed by atoms with van der Waals surface area (Å²) in [6.07, 6.45) is 5.52. The summed E-state index contributed by atoms with van der Waals surface area (Å²) in [7, 11) is 1.95. The Morgan fingerprint density at radius 2 is 2.44 bits per heavy atom. The maximum atomic E-state index is 11.7. The fourth-order valence-corrected chi connectivity index (χ4v) is 2.32.